The van der Waals surface area contributed by atoms with E-state index in [0.29, 0.717) is 19.6 Å². The minimum Gasteiger partial charge on any atom is -0.465 e. The van der Waals surface area contributed by atoms with Crippen LogP contribution in [0.25, 0.3) is 0 Å². The molecule has 0 rings (SSSR count). The minimum absolute atomic E-state index is 0.239. The third kappa shape index (κ3) is 5.44. The molecule has 16 heavy (non-hydrogen) atoms. The molecule has 5 nitrogen and oxygen atoms in total. The SMILES string of the molecule is CCOC(=O)C(CC)N(C)CC(O)COC. The lowest BCUT2D eigenvalue weighted by Gasteiger charge is -2.27. The number of ether oxygens (including phenoxy) is 2. The number of nitrogens with zero attached hydrogens (tertiary/aromatic N) is 1. The van der Waals surface area contributed by atoms with Crippen LogP contribution in [0.15, 0.2) is 0 Å². The van der Waals surface area contributed by atoms with Crippen LogP contribution in [-0.2, 0) is 14.3 Å². The van der Waals surface area contributed by atoms with Gasteiger partial charge in [-0.3, -0.25) is 9.69 Å². The second-order valence-corrected chi connectivity index (χ2v) is 3.72. The Kier molecular flexibility index (Phi) is 8.15. The van der Waals surface area contributed by atoms with Crippen LogP contribution in [0.4, 0.5) is 0 Å². The Labute approximate surface area is 97.3 Å². The molecule has 0 aliphatic heterocycles. The number of likely N-dealkylation sites (N-methyl/N-ethyl adjacent to an activating group) is 1. The Morgan fingerprint density at radius 2 is 2.06 bits per heavy atom. The Balaban J connectivity index is 4.19. The van der Waals surface area contributed by atoms with Gasteiger partial charge in [-0.05, 0) is 20.4 Å². The van der Waals surface area contributed by atoms with Crippen molar-refractivity contribution in [3.63, 3.8) is 0 Å². The molecule has 0 aliphatic rings. The molecule has 1 N–H and O–H groups in total. The highest BCUT2D eigenvalue weighted by molar-refractivity contribution is 5.75. The normalized spacial score (nSPS) is 14.9. The molecule has 0 amide bonds. The highest BCUT2D eigenvalue weighted by atomic mass is 16.5. The lowest BCUT2D eigenvalue weighted by atomic mass is 10.2. The first kappa shape index (κ1) is 15.3. The van der Waals surface area contributed by atoms with Gasteiger partial charge in [-0.1, -0.05) is 6.92 Å². The molecular weight excluding hydrogens is 210 g/mol. The summed E-state index contributed by atoms with van der Waals surface area (Å²) < 4.78 is 9.80. The monoisotopic (exact) mass is 233 g/mol. The van der Waals surface area contributed by atoms with E-state index in [1.165, 1.54) is 7.11 Å². The second kappa shape index (κ2) is 8.50. The lowest BCUT2D eigenvalue weighted by Crippen LogP contribution is -2.43. The van der Waals surface area contributed by atoms with Crippen molar-refractivity contribution in [1.29, 1.82) is 0 Å². The predicted molar refractivity (Wildman–Crippen MR) is 61.2 cm³/mol. The summed E-state index contributed by atoms with van der Waals surface area (Å²) in [6.45, 7) is 4.74. The maximum Gasteiger partial charge on any atom is 0.323 e. The molecule has 0 bridgehead atoms. The fourth-order valence-corrected chi connectivity index (χ4v) is 1.60. The van der Waals surface area contributed by atoms with Gasteiger partial charge in [-0.15, -0.1) is 0 Å². The first-order valence-corrected chi connectivity index (χ1v) is 5.60. The van der Waals surface area contributed by atoms with E-state index in [-0.39, 0.29) is 18.6 Å². The van der Waals surface area contributed by atoms with Gasteiger partial charge in [0.15, 0.2) is 0 Å². The molecule has 0 saturated carbocycles. The zero-order chi connectivity index (χ0) is 12.6. The van der Waals surface area contributed by atoms with E-state index in [1.54, 1.807) is 18.9 Å². The minimum atomic E-state index is -0.585. The van der Waals surface area contributed by atoms with Gasteiger partial charge in [0.2, 0.25) is 0 Å². The van der Waals surface area contributed by atoms with E-state index in [4.69, 9.17) is 9.47 Å². The Hall–Kier alpha value is -0.650. The molecule has 0 spiro atoms. The second-order valence-electron chi connectivity index (χ2n) is 3.72. The van der Waals surface area contributed by atoms with Crippen molar-refractivity contribution in [1.82, 2.24) is 4.90 Å². The van der Waals surface area contributed by atoms with Gasteiger partial charge in [-0.25, -0.2) is 0 Å². The molecule has 0 aromatic carbocycles. The molecule has 5 heteroatoms. The van der Waals surface area contributed by atoms with Gasteiger partial charge < -0.3 is 14.6 Å². The number of methoxy groups -OCH3 is 1. The van der Waals surface area contributed by atoms with Crippen molar-refractivity contribution in [3.05, 3.63) is 0 Å². The molecule has 0 fully saturated rings. The van der Waals surface area contributed by atoms with Crippen LogP contribution >= 0.6 is 0 Å². The first-order chi connectivity index (χ1) is 7.56. The molecule has 2 atom stereocenters. The molecule has 0 aromatic heterocycles. The summed E-state index contributed by atoms with van der Waals surface area (Å²) in [4.78, 5) is 13.4. The first-order valence-electron chi connectivity index (χ1n) is 5.60. The van der Waals surface area contributed by atoms with Crippen LogP contribution < -0.4 is 0 Å². The van der Waals surface area contributed by atoms with E-state index < -0.39 is 6.10 Å². The quantitative estimate of drug-likeness (QED) is 0.610. The zero-order valence-electron chi connectivity index (χ0n) is 10.6. The number of aliphatic hydroxyl groups is 1. The van der Waals surface area contributed by atoms with Crippen molar-refractivity contribution in [2.75, 3.05) is 33.9 Å². The molecule has 0 saturated heterocycles. The summed E-state index contributed by atoms with van der Waals surface area (Å²) in [6.07, 6.45) is 0.0770. The van der Waals surface area contributed by atoms with E-state index in [9.17, 15) is 9.90 Å². The van der Waals surface area contributed by atoms with Gasteiger partial charge in [-0.2, -0.15) is 0 Å². The summed E-state index contributed by atoms with van der Waals surface area (Å²) in [6, 6.07) is -0.300. The van der Waals surface area contributed by atoms with Gasteiger partial charge >= 0.3 is 5.97 Å². The van der Waals surface area contributed by atoms with Crippen LogP contribution in [0.5, 0.6) is 0 Å². The van der Waals surface area contributed by atoms with Crippen LogP contribution in [0.1, 0.15) is 20.3 Å². The topological polar surface area (TPSA) is 59.0 Å². The fourth-order valence-electron chi connectivity index (χ4n) is 1.60. The Morgan fingerprint density at radius 1 is 1.44 bits per heavy atom. The average Bonchev–Trinajstić information content (AvgIpc) is 2.19. The smallest absolute Gasteiger partial charge is 0.323 e. The molecule has 96 valence electrons. The van der Waals surface area contributed by atoms with Crippen molar-refractivity contribution in [2.24, 2.45) is 0 Å². The molecule has 2 unspecified atom stereocenters. The molecule has 0 aromatic rings. The largest absolute Gasteiger partial charge is 0.465 e. The maximum atomic E-state index is 11.6. The van der Waals surface area contributed by atoms with Crippen LogP contribution in [0.3, 0.4) is 0 Å². The summed E-state index contributed by atoms with van der Waals surface area (Å²) in [7, 11) is 3.33. The van der Waals surface area contributed by atoms with E-state index >= 15 is 0 Å². The highest BCUT2D eigenvalue weighted by Gasteiger charge is 2.23. The predicted octanol–water partition coefficient (Wildman–Crippen LogP) is 0.267. The molecule has 0 aliphatic carbocycles. The number of aliphatic hydroxyl groups excluding tert-OH is 1. The third-order valence-electron chi connectivity index (χ3n) is 2.34. The van der Waals surface area contributed by atoms with Crippen molar-refractivity contribution < 1.29 is 19.4 Å². The van der Waals surface area contributed by atoms with Gasteiger partial charge in [0.05, 0.1) is 19.3 Å². The van der Waals surface area contributed by atoms with Crippen molar-refractivity contribution in [3.8, 4) is 0 Å². The Bertz CT molecular complexity index is 198. The van der Waals surface area contributed by atoms with Crippen LogP contribution in [0, 0.1) is 0 Å². The molecular formula is C11H23NO4. The van der Waals surface area contributed by atoms with E-state index in [2.05, 4.69) is 0 Å². The number of esters is 1. The summed E-state index contributed by atoms with van der Waals surface area (Å²) >= 11 is 0. The average molecular weight is 233 g/mol. The summed E-state index contributed by atoms with van der Waals surface area (Å²) in [5.41, 5.74) is 0. The summed E-state index contributed by atoms with van der Waals surface area (Å²) in [5.74, 6) is -0.239. The fraction of sp³-hybridized carbons (Fsp3) is 0.909. The highest BCUT2D eigenvalue weighted by Crippen LogP contribution is 2.05. The Morgan fingerprint density at radius 3 is 2.50 bits per heavy atom. The molecule has 0 heterocycles. The zero-order valence-corrected chi connectivity index (χ0v) is 10.6. The third-order valence-corrected chi connectivity index (χ3v) is 2.34. The summed E-state index contributed by atoms with van der Waals surface area (Å²) in [5, 5.41) is 9.56. The lowest BCUT2D eigenvalue weighted by molar-refractivity contribution is -0.149. The van der Waals surface area contributed by atoms with Crippen molar-refractivity contribution in [2.45, 2.75) is 32.4 Å². The van der Waals surface area contributed by atoms with Crippen LogP contribution in [-0.4, -0.2) is 62.0 Å². The maximum absolute atomic E-state index is 11.6. The van der Waals surface area contributed by atoms with Crippen molar-refractivity contribution >= 4 is 5.97 Å². The number of rotatable bonds is 8. The van der Waals surface area contributed by atoms with E-state index in [0.717, 1.165) is 0 Å². The van der Waals surface area contributed by atoms with E-state index in [1.807, 2.05) is 6.92 Å². The molecule has 0 radical (unpaired) electrons. The standard InChI is InChI=1S/C11H23NO4/c1-5-10(11(14)16-6-2)12(3)7-9(13)8-15-4/h9-10,13H,5-8H2,1-4H3. The number of carbonyl (C=O) groups is 1. The van der Waals surface area contributed by atoms with Gasteiger partial charge in [0.1, 0.15) is 6.04 Å². The number of hydrogen-bond acceptors (Lipinski definition) is 5. The number of carbonyl (C=O) groups excluding carboxylic acids is 1. The van der Waals surface area contributed by atoms with Gasteiger partial charge in [0.25, 0.3) is 0 Å². The number of hydrogen-bond donors (Lipinski definition) is 1. The van der Waals surface area contributed by atoms with Crippen LogP contribution in [0.2, 0.25) is 0 Å². The van der Waals surface area contributed by atoms with Gasteiger partial charge in [0, 0.05) is 13.7 Å².